The number of carbonyl (C=O) groups excluding carboxylic acids is 1. The number of hydrogen-bond acceptors (Lipinski definition) is 3. The van der Waals surface area contributed by atoms with Crippen LogP contribution in [-0.4, -0.2) is 33.4 Å². The molecule has 5 rings (SSSR count). The molecule has 1 amide bonds. The van der Waals surface area contributed by atoms with Crippen molar-refractivity contribution < 1.29 is 4.79 Å². The minimum atomic E-state index is -0.0953. The quantitative estimate of drug-likeness (QED) is 0.750. The molecule has 29 heavy (non-hydrogen) atoms. The predicted octanol–water partition coefficient (Wildman–Crippen LogP) is 5.06. The average Bonchev–Trinajstić information content (AvgIpc) is 3.21. The van der Waals surface area contributed by atoms with E-state index in [0.29, 0.717) is 22.7 Å². The second kappa shape index (κ2) is 7.41. The Labute approximate surface area is 177 Å². The molecule has 1 aromatic carbocycles. The topological polar surface area (TPSA) is 45.2 Å². The Morgan fingerprint density at radius 2 is 1.83 bits per heavy atom. The average molecular weight is 410 g/mol. The summed E-state index contributed by atoms with van der Waals surface area (Å²) in [6.45, 7) is 1.89. The van der Waals surface area contributed by atoms with E-state index in [1.807, 2.05) is 13.0 Å². The molecule has 1 N–H and O–H groups in total. The summed E-state index contributed by atoms with van der Waals surface area (Å²) in [6.07, 6.45) is 12.0. The lowest BCUT2D eigenvalue weighted by atomic mass is 9.77. The minimum Gasteiger partial charge on any atom is -0.343 e. The molecular weight excluding hydrogens is 382 g/mol. The molecule has 1 unspecified atom stereocenters. The number of nitrogens with one attached hydrogen (secondary N) is 1. The number of hydrogen-bond donors (Lipinski definition) is 1. The lowest BCUT2D eigenvalue weighted by Gasteiger charge is -2.48. The van der Waals surface area contributed by atoms with E-state index >= 15 is 0 Å². The van der Waals surface area contributed by atoms with Gasteiger partial charge >= 0.3 is 0 Å². The Hall–Kier alpha value is -1.91. The van der Waals surface area contributed by atoms with Gasteiger partial charge in [-0.1, -0.05) is 48.4 Å². The van der Waals surface area contributed by atoms with Crippen LogP contribution in [0.25, 0.3) is 0 Å². The van der Waals surface area contributed by atoms with E-state index < -0.39 is 0 Å². The smallest absolute Gasteiger partial charge is 0.253 e. The normalized spacial score (nSPS) is 27.6. The van der Waals surface area contributed by atoms with Crippen molar-refractivity contribution in [2.75, 3.05) is 0 Å². The van der Waals surface area contributed by atoms with Gasteiger partial charge in [-0.25, -0.2) is 0 Å². The molecule has 5 heteroatoms. The van der Waals surface area contributed by atoms with E-state index in [1.54, 1.807) is 12.4 Å². The number of aryl methyl sites for hydroxylation is 1. The van der Waals surface area contributed by atoms with Gasteiger partial charge in [0.05, 0.1) is 16.6 Å². The van der Waals surface area contributed by atoms with Crippen LogP contribution >= 0.6 is 11.6 Å². The number of pyridine rings is 1. The maximum atomic E-state index is 13.4. The number of benzene rings is 1. The van der Waals surface area contributed by atoms with Gasteiger partial charge in [0.1, 0.15) is 0 Å². The summed E-state index contributed by atoms with van der Waals surface area (Å²) in [7, 11) is 0. The first kappa shape index (κ1) is 19.1. The second-order valence-corrected chi connectivity index (χ2v) is 9.36. The molecule has 1 aliphatic carbocycles. The Balaban J connectivity index is 1.54. The standard InChI is InChI=1S/C24H28ClN3O/c1-16-14-26-15-20(25)21(16)23(29)27-22(17-6-3-2-4-7-17)24-12-10-19(11-13-24)28(24)18-8-5-9-18/h2-4,6-7,14-15,18-19,22H,5,8-13H2,1H3,(H,27,29). The minimum absolute atomic E-state index is 0.0141. The van der Waals surface area contributed by atoms with Crippen molar-refractivity contribution in [1.29, 1.82) is 0 Å². The molecule has 1 saturated carbocycles. The van der Waals surface area contributed by atoms with Crippen LogP contribution in [0, 0.1) is 6.92 Å². The Kier molecular flexibility index (Phi) is 4.87. The maximum Gasteiger partial charge on any atom is 0.253 e. The Bertz CT molecular complexity index is 883. The van der Waals surface area contributed by atoms with Gasteiger partial charge in [-0.05, 0) is 56.6 Å². The van der Waals surface area contributed by atoms with Gasteiger partial charge in [-0.2, -0.15) is 0 Å². The first-order valence-corrected chi connectivity index (χ1v) is 11.2. The van der Waals surface area contributed by atoms with Crippen molar-refractivity contribution in [3.8, 4) is 0 Å². The van der Waals surface area contributed by atoms with Gasteiger partial charge in [-0.3, -0.25) is 14.7 Å². The van der Waals surface area contributed by atoms with Crippen molar-refractivity contribution in [3.63, 3.8) is 0 Å². The Morgan fingerprint density at radius 1 is 1.14 bits per heavy atom. The zero-order valence-corrected chi connectivity index (χ0v) is 17.7. The van der Waals surface area contributed by atoms with Crippen LogP contribution in [0.15, 0.2) is 42.7 Å². The van der Waals surface area contributed by atoms with Crippen molar-refractivity contribution in [2.45, 2.75) is 75.5 Å². The van der Waals surface area contributed by atoms with Crippen molar-refractivity contribution >= 4 is 17.5 Å². The molecule has 3 fully saturated rings. The monoisotopic (exact) mass is 409 g/mol. The molecule has 1 atom stereocenters. The summed E-state index contributed by atoms with van der Waals surface area (Å²) in [4.78, 5) is 20.3. The van der Waals surface area contributed by atoms with Gasteiger partial charge in [0.2, 0.25) is 0 Å². The summed E-state index contributed by atoms with van der Waals surface area (Å²) in [6, 6.07) is 11.8. The van der Waals surface area contributed by atoms with Crippen molar-refractivity contribution in [3.05, 3.63) is 64.4 Å². The molecule has 1 aromatic heterocycles. The number of nitrogens with zero attached hydrogens (tertiary/aromatic N) is 2. The van der Waals surface area contributed by atoms with E-state index in [9.17, 15) is 4.79 Å². The molecule has 2 aliphatic heterocycles. The van der Waals surface area contributed by atoms with Gasteiger partial charge in [0.15, 0.2) is 0 Å². The number of fused-ring (bicyclic) bond motifs is 2. The summed E-state index contributed by atoms with van der Waals surface area (Å²) in [5, 5.41) is 3.85. The van der Waals surface area contributed by atoms with Crippen molar-refractivity contribution in [2.24, 2.45) is 0 Å². The lowest BCUT2D eigenvalue weighted by molar-refractivity contribution is 0.0258. The largest absolute Gasteiger partial charge is 0.343 e. The molecule has 0 radical (unpaired) electrons. The second-order valence-electron chi connectivity index (χ2n) is 8.96. The van der Waals surface area contributed by atoms with E-state index in [4.69, 9.17) is 11.6 Å². The molecule has 3 aliphatic rings. The van der Waals surface area contributed by atoms with Crippen molar-refractivity contribution in [1.82, 2.24) is 15.2 Å². The highest BCUT2D eigenvalue weighted by molar-refractivity contribution is 6.33. The number of rotatable bonds is 5. The van der Waals surface area contributed by atoms with Crippen LogP contribution in [0.5, 0.6) is 0 Å². The summed E-state index contributed by atoms with van der Waals surface area (Å²) >= 11 is 6.37. The summed E-state index contributed by atoms with van der Waals surface area (Å²) in [5.41, 5.74) is 2.56. The number of carbonyl (C=O) groups is 1. The van der Waals surface area contributed by atoms with Crippen LogP contribution in [0.3, 0.4) is 0 Å². The van der Waals surface area contributed by atoms with E-state index in [1.165, 1.54) is 37.7 Å². The fourth-order valence-electron chi connectivity index (χ4n) is 5.96. The van der Waals surface area contributed by atoms with Crippen LogP contribution in [0.4, 0.5) is 0 Å². The number of halogens is 1. The van der Waals surface area contributed by atoms with E-state index in [-0.39, 0.29) is 17.5 Å². The van der Waals surface area contributed by atoms with Gasteiger partial charge < -0.3 is 5.32 Å². The molecule has 152 valence electrons. The van der Waals surface area contributed by atoms with Crippen LogP contribution in [-0.2, 0) is 0 Å². The molecule has 0 spiro atoms. The fraction of sp³-hybridized carbons (Fsp3) is 0.500. The molecule has 2 bridgehead atoms. The number of aromatic nitrogens is 1. The molecule has 3 heterocycles. The fourth-order valence-corrected chi connectivity index (χ4v) is 6.25. The lowest BCUT2D eigenvalue weighted by Crippen LogP contribution is -2.57. The van der Waals surface area contributed by atoms with Gasteiger partial charge in [-0.15, -0.1) is 0 Å². The summed E-state index contributed by atoms with van der Waals surface area (Å²) in [5.74, 6) is -0.0953. The maximum absolute atomic E-state index is 13.4. The SMILES string of the molecule is Cc1cncc(Cl)c1C(=O)NC(c1ccccc1)C12CCC(CC1)N2C1CCC1. The highest BCUT2D eigenvalue weighted by Gasteiger charge is 2.58. The number of amides is 1. The highest BCUT2D eigenvalue weighted by Crippen LogP contribution is 2.55. The first-order valence-electron chi connectivity index (χ1n) is 10.8. The van der Waals surface area contributed by atoms with Crippen LogP contribution < -0.4 is 5.32 Å². The Morgan fingerprint density at radius 3 is 2.45 bits per heavy atom. The molecule has 2 aromatic rings. The van der Waals surface area contributed by atoms with Crippen LogP contribution in [0.2, 0.25) is 5.02 Å². The molecule has 2 saturated heterocycles. The molecular formula is C24H28ClN3O. The zero-order chi connectivity index (χ0) is 20.0. The first-order chi connectivity index (χ1) is 14.1. The highest BCUT2D eigenvalue weighted by atomic mass is 35.5. The van der Waals surface area contributed by atoms with E-state index in [2.05, 4.69) is 39.5 Å². The van der Waals surface area contributed by atoms with Gasteiger partial charge in [0, 0.05) is 30.0 Å². The molecule has 4 nitrogen and oxygen atoms in total. The third-order valence-corrected chi connectivity index (χ3v) is 7.75. The zero-order valence-electron chi connectivity index (χ0n) is 16.9. The third kappa shape index (κ3) is 3.08. The van der Waals surface area contributed by atoms with Crippen LogP contribution in [0.1, 0.15) is 72.5 Å². The summed E-state index contributed by atoms with van der Waals surface area (Å²) < 4.78 is 0. The van der Waals surface area contributed by atoms with Gasteiger partial charge in [0.25, 0.3) is 5.91 Å². The third-order valence-electron chi connectivity index (χ3n) is 7.46. The van der Waals surface area contributed by atoms with E-state index in [0.717, 1.165) is 18.4 Å². The predicted molar refractivity (Wildman–Crippen MR) is 115 cm³/mol.